The predicted molar refractivity (Wildman–Crippen MR) is 136 cm³/mol. The van der Waals surface area contributed by atoms with Crippen molar-refractivity contribution < 1.29 is 17.9 Å². The molecule has 0 aromatic heterocycles. The SMILES string of the molecule is CCOc1ccc([C@H](C)NC(=O)CN(c2cc(Cl)cc(Cl)c2)S(=O)(=O)c2ccc(C)cc2)cc1. The maximum absolute atomic E-state index is 13.5. The van der Waals surface area contributed by atoms with E-state index in [0.717, 1.165) is 21.2 Å². The first-order chi connectivity index (χ1) is 16.1. The van der Waals surface area contributed by atoms with E-state index in [1.165, 1.54) is 30.3 Å². The first kappa shape index (κ1) is 25.9. The van der Waals surface area contributed by atoms with Gasteiger partial charge in [0.2, 0.25) is 5.91 Å². The van der Waals surface area contributed by atoms with Gasteiger partial charge in [-0.15, -0.1) is 0 Å². The molecule has 0 saturated carbocycles. The number of benzene rings is 3. The predicted octanol–water partition coefficient (Wildman–Crippen LogP) is 5.77. The maximum Gasteiger partial charge on any atom is 0.264 e. The van der Waals surface area contributed by atoms with Crippen molar-refractivity contribution in [2.45, 2.75) is 31.7 Å². The molecule has 0 radical (unpaired) electrons. The second-order valence-electron chi connectivity index (χ2n) is 7.74. The average molecular weight is 521 g/mol. The van der Waals surface area contributed by atoms with Crippen molar-refractivity contribution in [3.05, 3.63) is 87.9 Å². The van der Waals surface area contributed by atoms with Crippen LogP contribution in [0.3, 0.4) is 0 Å². The molecule has 0 heterocycles. The van der Waals surface area contributed by atoms with Crippen molar-refractivity contribution in [3.8, 4) is 5.75 Å². The number of nitrogens with one attached hydrogen (secondary N) is 1. The van der Waals surface area contributed by atoms with Crippen LogP contribution in [0.4, 0.5) is 5.69 Å². The van der Waals surface area contributed by atoms with Gasteiger partial charge >= 0.3 is 0 Å². The van der Waals surface area contributed by atoms with Gasteiger partial charge < -0.3 is 10.1 Å². The molecule has 9 heteroatoms. The van der Waals surface area contributed by atoms with Crippen molar-refractivity contribution in [3.63, 3.8) is 0 Å². The Morgan fingerprint density at radius 1 is 1.00 bits per heavy atom. The summed E-state index contributed by atoms with van der Waals surface area (Å²) in [7, 11) is -4.07. The number of aryl methyl sites for hydroxylation is 1. The van der Waals surface area contributed by atoms with E-state index in [-0.39, 0.29) is 26.7 Å². The Morgan fingerprint density at radius 2 is 1.59 bits per heavy atom. The zero-order valence-electron chi connectivity index (χ0n) is 19.1. The molecule has 0 spiro atoms. The van der Waals surface area contributed by atoms with Crippen LogP contribution in [0, 0.1) is 6.92 Å². The van der Waals surface area contributed by atoms with Crippen LogP contribution in [0.2, 0.25) is 10.0 Å². The number of anilines is 1. The molecule has 0 aliphatic rings. The minimum Gasteiger partial charge on any atom is -0.494 e. The highest BCUT2D eigenvalue weighted by molar-refractivity contribution is 7.92. The van der Waals surface area contributed by atoms with Gasteiger partial charge in [0.15, 0.2) is 0 Å². The number of rotatable bonds is 9. The summed E-state index contributed by atoms with van der Waals surface area (Å²) in [5, 5.41) is 3.38. The highest BCUT2D eigenvalue weighted by Crippen LogP contribution is 2.30. The number of carbonyl (C=O) groups excluding carboxylic acids is 1. The first-order valence-corrected chi connectivity index (χ1v) is 12.9. The van der Waals surface area contributed by atoms with Crippen molar-refractivity contribution in [2.75, 3.05) is 17.5 Å². The van der Waals surface area contributed by atoms with Gasteiger partial charge in [0.1, 0.15) is 12.3 Å². The van der Waals surface area contributed by atoms with Crippen LogP contribution in [0.25, 0.3) is 0 Å². The van der Waals surface area contributed by atoms with Gasteiger partial charge in [-0.3, -0.25) is 9.10 Å². The fourth-order valence-electron chi connectivity index (χ4n) is 3.36. The Bertz CT molecular complexity index is 1230. The first-order valence-electron chi connectivity index (χ1n) is 10.7. The lowest BCUT2D eigenvalue weighted by Gasteiger charge is -2.25. The van der Waals surface area contributed by atoms with Crippen molar-refractivity contribution in [1.82, 2.24) is 5.32 Å². The van der Waals surface area contributed by atoms with Gasteiger partial charge in [-0.05, 0) is 68.8 Å². The summed E-state index contributed by atoms with van der Waals surface area (Å²) in [6.07, 6.45) is 0. The van der Waals surface area contributed by atoms with Crippen LogP contribution < -0.4 is 14.4 Å². The summed E-state index contributed by atoms with van der Waals surface area (Å²) >= 11 is 12.3. The van der Waals surface area contributed by atoms with Gasteiger partial charge in [0.05, 0.1) is 23.2 Å². The summed E-state index contributed by atoms with van der Waals surface area (Å²) in [5.74, 6) is 0.256. The van der Waals surface area contributed by atoms with Gasteiger partial charge in [0.25, 0.3) is 10.0 Å². The van der Waals surface area contributed by atoms with Crippen LogP contribution in [-0.4, -0.2) is 27.5 Å². The van der Waals surface area contributed by atoms with E-state index in [9.17, 15) is 13.2 Å². The van der Waals surface area contributed by atoms with Crippen LogP contribution in [0.15, 0.2) is 71.6 Å². The van der Waals surface area contributed by atoms with E-state index in [1.54, 1.807) is 12.1 Å². The van der Waals surface area contributed by atoms with Crippen molar-refractivity contribution >= 4 is 44.8 Å². The Kier molecular flexibility index (Phi) is 8.47. The zero-order valence-corrected chi connectivity index (χ0v) is 21.4. The van der Waals surface area contributed by atoms with E-state index < -0.39 is 22.5 Å². The van der Waals surface area contributed by atoms with Crippen LogP contribution >= 0.6 is 23.2 Å². The minimum atomic E-state index is -4.07. The zero-order chi connectivity index (χ0) is 24.9. The molecule has 0 unspecified atom stereocenters. The van der Waals surface area contributed by atoms with Gasteiger partial charge in [-0.2, -0.15) is 0 Å². The molecular formula is C25H26Cl2N2O4S. The molecule has 3 aromatic rings. The van der Waals surface area contributed by atoms with Gasteiger partial charge in [-0.1, -0.05) is 53.0 Å². The number of hydrogen-bond acceptors (Lipinski definition) is 4. The van der Waals surface area contributed by atoms with Crippen LogP contribution in [-0.2, 0) is 14.8 Å². The number of nitrogens with zero attached hydrogens (tertiary/aromatic N) is 1. The molecule has 1 atom stereocenters. The third-order valence-electron chi connectivity index (χ3n) is 5.10. The molecular weight excluding hydrogens is 495 g/mol. The molecule has 1 N–H and O–H groups in total. The van der Waals surface area contributed by atoms with E-state index >= 15 is 0 Å². The number of ether oxygens (including phenoxy) is 1. The average Bonchev–Trinajstić information content (AvgIpc) is 2.77. The summed E-state index contributed by atoms with van der Waals surface area (Å²) in [4.78, 5) is 13.0. The molecule has 0 fully saturated rings. The molecule has 34 heavy (non-hydrogen) atoms. The molecule has 1 amide bonds. The van der Waals surface area contributed by atoms with Crippen molar-refractivity contribution in [2.24, 2.45) is 0 Å². The lowest BCUT2D eigenvalue weighted by Crippen LogP contribution is -2.41. The minimum absolute atomic E-state index is 0.0570. The Labute approximate surface area is 210 Å². The Morgan fingerprint density at radius 3 is 2.15 bits per heavy atom. The number of halogens is 2. The third kappa shape index (κ3) is 6.44. The molecule has 0 bridgehead atoms. The second kappa shape index (κ2) is 11.1. The quantitative estimate of drug-likeness (QED) is 0.388. The summed E-state index contributed by atoms with van der Waals surface area (Å²) in [6.45, 7) is 5.70. The normalized spacial score (nSPS) is 12.1. The van der Waals surface area contributed by atoms with Crippen molar-refractivity contribution in [1.29, 1.82) is 0 Å². The number of carbonyl (C=O) groups is 1. The Balaban J connectivity index is 1.87. The molecule has 180 valence electrons. The van der Waals surface area contributed by atoms with Crippen LogP contribution in [0.5, 0.6) is 5.75 Å². The highest BCUT2D eigenvalue weighted by Gasteiger charge is 2.28. The monoisotopic (exact) mass is 520 g/mol. The van der Waals surface area contributed by atoms with E-state index in [1.807, 2.05) is 45.0 Å². The summed E-state index contributed by atoms with van der Waals surface area (Å²) < 4.78 is 33.5. The maximum atomic E-state index is 13.5. The van der Waals surface area contributed by atoms with E-state index in [2.05, 4.69) is 5.32 Å². The van der Waals surface area contributed by atoms with E-state index in [4.69, 9.17) is 27.9 Å². The summed E-state index contributed by atoms with van der Waals surface area (Å²) in [6, 6.07) is 17.8. The number of hydrogen-bond donors (Lipinski definition) is 1. The smallest absolute Gasteiger partial charge is 0.264 e. The topological polar surface area (TPSA) is 75.7 Å². The number of amides is 1. The fraction of sp³-hybridized carbons (Fsp3) is 0.240. The summed E-state index contributed by atoms with van der Waals surface area (Å²) in [5.41, 5.74) is 1.97. The molecule has 3 rings (SSSR count). The molecule has 0 saturated heterocycles. The molecule has 3 aromatic carbocycles. The van der Waals surface area contributed by atoms with E-state index in [0.29, 0.717) is 6.61 Å². The molecule has 6 nitrogen and oxygen atoms in total. The standard InChI is InChI=1S/C25H26Cl2N2O4S/c1-4-33-23-9-7-19(8-10-23)18(3)28-25(30)16-29(22-14-20(26)13-21(27)15-22)34(31,32)24-11-5-17(2)6-12-24/h5-15,18H,4,16H2,1-3H3,(H,28,30)/t18-/m0/s1. The lowest BCUT2D eigenvalue weighted by molar-refractivity contribution is -0.120. The van der Waals surface area contributed by atoms with Gasteiger partial charge in [0, 0.05) is 10.0 Å². The third-order valence-corrected chi connectivity index (χ3v) is 7.32. The molecule has 0 aliphatic carbocycles. The number of sulfonamides is 1. The van der Waals surface area contributed by atoms with Crippen LogP contribution in [0.1, 0.15) is 31.0 Å². The second-order valence-corrected chi connectivity index (χ2v) is 10.5. The Hall–Kier alpha value is -2.74. The fourth-order valence-corrected chi connectivity index (χ4v) is 5.28. The lowest BCUT2D eigenvalue weighted by atomic mass is 10.1. The van der Waals surface area contributed by atoms with Gasteiger partial charge in [-0.25, -0.2) is 8.42 Å². The molecule has 0 aliphatic heterocycles. The highest BCUT2D eigenvalue weighted by atomic mass is 35.5. The largest absolute Gasteiger partial charge is 0.494 e.